The van der Waals surface area contributed by atoms with Crippen molar-refractivity contribution in [3.05, 3.63) is 16.7 Å². The molecular formula is C13H20ClN3. The van der Waals surface area contributed by atoms with Crippen molar-refractivity contribution in [2.24, 2.45) is 5.73 Å². The highest BCUT2D eigenvalue weighted by atomic mass is 35.5. The molecule has 1 aromatic rings. The second-order valence-electron chi connectivity index (χ2n) is 5.38. The number of aromatic nitrogens is 2. The predicted octanol–water partition coefficient (Wildman–Crippen LogP) is 3.38. The minimum absolute atomic E-state index is 0.0843. The van der Waals surface area contributed by atoms with Crippen molar-refractivity contribution in [2.45, 2.75) is 63.5 Å². The molecule has 3 rings (SSSR count). The van der Waals surface area contributed by atoms with E-state index in [4.69, 9.17) is 17.3 Å². The summed E-state index contributed by atoms with van der Waals surface area (Å²) in [6.45, 7) is 1.05. The van der Waals surface area contributed by atoms with Gasteiger partial charge >= 0.3 is 0 Å². The van der Waals surface area contributed by atoms with E-state index in [0.29, 0.717) is 11.1 Å². The van der Waals surface area contributed by atoms with Gasteiger partial charge in [-0.2, -0.15) is 0 Å². The monoisotopic (exact) mass is 253 g/mol. The van der Waals surface area contributed by atoms with Crippen LogP contribution in [0, 0.1) is 0 Å². The number of fused-ring (bicyclic) bond motifs is 1. The molecule has 2 aliphatic rings. The van der Waals surface area contributed by atoms with E-state index >= 15 is 0 Å². The van der Waals surface area contributed by atoms with Crippen LogP contribution < -0.4 is 5.73 Å². The molecule has 1 unspecified atom stereocenters. The zero-order chi connectivity index (χ0) is 11.8. The first kappa shape index (κ1) is 11.5. The summed E-state index contributed by atoms with van der Waals surface area (Å²) in [6.07, 6.45) is 8.75. The van der Waals surface area contributed by atoms with E-state index in [9.17, 15) is 0 Å². The highest BCUT2D eigenvalue weighted by Crippen LogP contribution is 2.37. The number of hydrogen-bond donors (Lipinski definition) is 1. The van der Waals surface area contributed by atoms with E-state index in [2.05, 4.69) is 9.55 Å². The third-order valence-corrected chi connectivity index (χ3v) is 4.49. The van der Waals surface area contributed by atoms with E-state index in [1.54, 1.807) is 0 Å². The summed E-state index contributed by atoms with van der Waals surface area (Å²) in [4.78, 5) is 4.61. The number of imidazole rings is 1. The SMILES string of the molecule is NC1CCCn2c(C3CCCCC3)nc(Cl)c21. The lowest BCUT2D eigenvalue weighted by Crippen LogP contribution is -2.24. The minimum Gasteiger partial charge on any atom is -0.329 e. The largest absolute Gasteiger partial charge is 0.329 e. The molecule has 0 radical (unpaired) electrons. The van der Waals surface area contributed by atoms with Gasteiger partial charge in [-0.25, -0.2) is 4.98 Å². The number of rotatable bonds is 1. The molecule has 0 bridgehead atoms. The Kier molecular flexibility index (Phi) is 3.14. The van der Waals surface area contributed by atoms with Gasteiger partial charge in [-0.3, -0.25) is 0 Å². The topological polar surface area (TPSA) is 43.8 Å². The quantitative estimate of drug-likeness (QED) is 0.834. The molecule has 1 aliphatic heterocycles. The summed E-state index contributed by atoms with van der Waals surface area (Å²) in [5, 5.41) is 0.651. The third kappa shape index (κ3) is 2.00. The molecule has 0 amide bonds. The number of hydrogen-bond acceptors (Lipinski definition) is 2. The summed E-state index contributed by atoms with van der Waals surface area (Å²) >= 11 is 6.27. The van der Waals surface area contributed by atoms with Gasteiger partial charge in [0.15, 0.2) is 5.15 Å². The highest BCUT2D eigenvalue weighted by Gasteiger charge is 2.28. The van der Waals surface area contributed by atoms with Gasteiger partial charge in [0.05, 0.1) is 5.69 Å². The Morgan fingerprint density at radius 1 is 1.12 bits per heavy atom. The molecule has 4 heteroatoms. The van der Waals surface area contributed by atoms with E-state index < -0.39 is 0 Å². The maximum atomic E-state index is 6.27. The molecule has 94 valence electrons. The predicted molar refractivity (Wildman–Crippen MR) is 69.2 cm³/mol. The third-order valence-electron chi connectivity index (χ3n) is 4.21. The Labute approximate surface area is 107 Å². The summed E-state index contributed by atoms with van der Waals surface area (Å²) in [6, 6.07) is 0.0843. The molecule has 0 spiro atoms. The second-order valence-corrected chi connectivity index (χ2v) is 5.74. The van der Waals surface area contributed by atoms with Crippen LogP contribution in [0.1, 0.15) is 68.4 Å². The van der Waals surface area contributed by atoms with Gasteiger partial charge < -0.3 is 10.3 Å². The van der Waals surface area contributed by atoms with Gasteiger partial charge in [-0.1, -0.05) is 30.9 Å². The van der Waals surface area contributed by atoms with Crippen molar-refractivity contribution in [1.82, 2.24) is 9.55 Å². The van der Waals surface area contributed by atoms with Crippen LogP contribution in [0.3, 0.4) is 0 Å². The van der Waals surface area contributed by atoms with Crippen molar-refractivity contribution in [3.8, 4) is 0 Å². The standard InChI is InChI=1S/C13H20ClN3/c14-12-11-10(15)7-4-8-17(11)13(16-12)9-5-2-1-3-6-9/h9-10H,1-8,15H2. The van der Waals surface area contributed by atoms with E-state index in [1.807, 2.05) is 0 Å². The maximum Gasteiger partial charge on any atom is 0.152 e. The van der Waals surface area contributed by atoms with Crippen LogP contribution in [0.15, 0.2) is 0 Å². The average molecular weight is 254 g/mol. The molecule has 0 saturated heterocycles. The fraction of sp³-hybridized carbons (Fsp3) is 0.769. The zero-order valence-corrected chi connectivity index (χ0v) is 10.9. The fourth-order valence-corrected chi connectivity index (χ4v) is 3.65. The van der Waals surface area contributed by atoms with Gasteiger partial charge in [-0.15, -0.1) is 0 Å². The Morgan fingerprint density at radius 3 is 2.65 bits per heavy atom. The first-order chi connectivity index (χ1) is 8.27. The molecule has 1 atom stereocenters. The fourth-order valence-electron chi connectivity index (χ4n) is 3.32. The van der Waals surface area contributed by atoms with E-state index in [1.165, 1.54) is 37.9 Å². The van der Waals surface area contributed by atoms with E-state index in [0.717, 1.165) is 25.1 Å². The Bertz CT molecular complexity index is 407. The molecule has 1 aromatic heterocycles. The molecule has 1 aliphatic carbocycles. The maximum absolute atomic E-state index is 6.27. The van der Waals surface area contributed by atoms with Crippen LogP contribution in [0.4, 0.5) is 0 Å². The molecule has 1 fully saturated rings. The number of nitrogens with two attached hydrogens (primary N) is 1. The van der Waals surface area contributed by atoms with Gasteiger partial charge in [0.25, 0.3) is 0 Å². The smallest absolute Gasteiger partial charge is 0.152 e. The van der Waals surface area contributed by atoms with Crippen molar-refractivity contribution < 1.29 is 0 Å². The summed E-state index contributed by atoms with van der Waals surface area (Å²) in [5.41, 5.74) is 7.23. The van der Waals surface area contributed by atoms with Crippen LogP contribution in [0.5, 0.6) is 0 Å². The summed E-state index contributed by atoms with van der Waals surface area (Å²) in [5.74, 6) is 1.82. The van der Waals surface area contributed by atoms with Gasteiger partial charge in [-0.05, 0) is 25.7 Å². The highest BCUT2D eigenvalue weighted by molar-refractivity contribution is 6.30. The minimum atomic E-state index is 0.0843. The van der Waals surface area contributed by atoms with Crippen LogP contribution in [0.25, 0.3) is 0 Å². The molecule has 0 aromatic carbocycles. The van der Waals surface area contributed by atoms with Crippen molar-refractivity contribution in [3.63, 3.8) is 0 Å². The molecular weight excluding hydrogens is 234 g/mol. The van der Waals surface area contributed by atoms with E-state index in [-0.39, 0.29) is 6.04 Å². The molecule has 2 N–H and O–H groups in total. The Morgan fingerprint density at radius 2 is 1.88 bits per heavy atom. The Hall–Kier alpha value is -0.540. The van der Waals surface area contributed by atoms with Gasteiger partial charge in [0.2, 0.25) is 0 Å². The average Bonchev–Trinajstić information content (AvgIpc) is 2.69. The Balaban J connectivity index is 1.97. The molecule has 17 heavy (non-hydrogen) atoms. The summed E-state index contributed by atoms with van der Waals surface area (Å²) in [7, 11) is 0. The van der Waals surface area contributed by atoms with Crippen LogP contribution in [0.2, 0.25) is 5.15 Å². The first-order valence-corrected chi connectivity index (χ1v) is 7.16. The van der Waals surface area contributed by atoms with Crippen molar-refractivity contribution >= 4 is 11.6 Å². The van der Waals surface area contributed by atoms with Crippen LogP contribution in [-0.2, 0) is 6.54 Å². The number of halogens is 1. The lowest BCUT2D eigenvalue weighted by molar-refractivity contribution is 0.391. The first-order valence-electron chi connectivity index (χ1n) is 6.79. The molecule has 2 heterocycles. The second kappa shape index (κ2) is 4.62. The van der Waals surface area contributed by atoms with Gasteiger partial charge in [0, 0.05) is 18.5 Å². The van der Waals surface area contributed by atoms with Crippen molar-refractivity contribution in [1.29, 1.82) is 0 Å². The molecule has 1 saturated carbocycles. The molecule has 3 nitrogen and oxygen atoms in total. The van der Waals surface area contributed by atoms with Gasteiger partial charge in [0.1, 0.15) is 5.82 Å². The number of nitrogens with zero attached hydrogens (tertiary/aromatic N) is 2. The van der Waals surface area contributed by atoms with Crippen LogP contribution >= 0.6 is 11.6 Å². The lowest BCUT2D eigenvalue weighted by atomic mass is 9.88. The lowest BCUT2D eigenvalue weighted by Gasteiger charge is -2.26. The van der Waals surface area contributed by atoms with Crippen molar-refractivity contribution in [2.75, 3.05) is 0 Å². The van der Waals surface area contributed by atoms with Crippen LogP contribution in [-0.4, -0.2) is 9.55 Å². The zero-order valence-electron chi connectivity index (χ0n) is 10.2. The normalized spacial score (nSPS) is 25.9. The summed E-state index contributed by atoms with van der Waals surface area (Å²) < 4.78 is 2.31.